The third kappa shape index (κ3) is 5.29. The number of rotatable bonds is 6. The second-order valence-corrected chi connectivity index (χ2v) is 7.46. The molecule has 4 rings (SSSR count). The van der Waals surface area contributed by atoms with Crippen LogP contribution in [-0.2, 0) is 11.3 Å². The molecule has 3 aromatic heterocycles. The number of methoxy groups -OCH3 is 1. The van der Waals surface area contributed by atoms with E-state index >= 15 is 0 Å². The Labute approximate surface area is 178 Å². The lowest BCUT2D eigenvalue weighted by atomic mass is 10.3. The Morgan fingerprint density at radius 2 is 2.03 bits per heavy atom. The third-order valence-corrected chi connectivity index (χ3v) is 5.37. The number of hydrogen-bond acceptors (Lipinski definition) is 8. The molecule has 0 atom stereocenters. The maximum atomic E-state index is 12.4. The van der Waals surface area contributed by atoms with Gasteiger partial charge in [0.25, 0.3) is 0 Å². The number of morpholine rings is 1. The summed E-state index contributed by atoms with van der Waals surface area (Å²) in [5.74, 6) is 1.47. The van der Waals surface area contributed by atoms with Crippen LogP contribution in [0.1, 0.15) is 5.69 Å². The van der Waals surface area contributed by atoms with Crippen LogP contribution in [0.15, 0.2) is 41.9 Å². The Bertz CT molecular complexity index is 1010. The number of pyridine rings is 2. The van der Waals surface area contributed by atoms with Crippen molar-refractivity contribution in [3.63, 3.8) is 0 Å². The molecule has 0 aromatic carbocycles. The molecule has 1 fully saturated rings. The molecule has 1 aliphatic heterocycles. The van der Waals surface area contributed by atoms with Gasteiger partial charge < -0.3 is 9.47 Å². The van der Waals surface area contributed by atoms with Crippen LogP contribution in [0.4, 0.5) is 16.4 Å². The van der Waals surface area contributed by atoms with Crippen LogP contribution < -0.4 is 15.4 Å². The van der Waals surface area contributed by atoms with Gasteiger partial charge in [0.05, 0.1) is 26.0 Å². The molecule has 30 heavy (non-hydrogen) atoms. The zero-order valence-electron chi connectivity index (χ0n) is 16.5. The fourth-order valence-electron chi connectivity index (χ4n) is 3.01. The van der Waals surface area contributed by atoms with Gasteiger partial charge in [-0.05, 0) is 18.2 Å². The fraction of sp³-hybridized carbons (Fsp3) is 0.300. The first-order valence-electron chi connectivity index (χ1n) is 9.49. The van der Waals surface area contributed by atoms with E-state index in [-0.39, 0.29) is 0 Å². The number of nitrogens with one attached hydrogen (secondary N) is 2. The topological polar surface area (TPSA) is 102 Å². The minimum absolute atomic E-state index is 0.393. The van der Waals surface area contributed by atoms with Crippen molar-refractivity contribution in [1.29, 1.82) is 0 Å². The average molecular weight is 427 g/mol. The summed E-state index contributed by atoms with van der Waals surface area (Å²) >= 11 is 1.42. The molecule has 2 N–H and O–H groups in total. The van der Waals surface area contributed by atoms with Gasteiger partial charge in [-0.15, -0.1) is 11.3 Å². The zero-order valence-corrected chi connectivity index (χ0v) is 17.3. The van der Waals surface area contributed by atoms with Crippen LogP contribution in [0.2, 0.25) is 0 Å². The van der Waals surface area contributed by atoms with E-state index in [0.717, 1.165) is 49.1 Å². The van der Waals surface area contributed by atoms with Gasteiger partial charge in [-0.25, -0.2) is 19.7 Å². The molecular weight excluding hydrogens is 404 g/mol. The molecule has 10 heteroatoms. The van der Waals surface area contributed by atoms with Crippen LogP contribution in [0.3, 0.4) is 0 Å². The summed E-state index contributed by atoms with van der Waals surface area (Å²) in [5, 5.41) is 8.05. The van der Waals surface area contributed by atoms with Crippen molar-refractivity contribution in [1.82, 2.24) is 19.9 Å². The van der Waals surface area contributed by atoms with E-state index in [4.69, 9.17) is 9.47 Å². The van der Waals surface area contributed by atoms with Gasteiger partial charge in [0.15, 0.2) is 0 Å². The van der Waals surface area contributed by atoms with Crippen LogP contribution in [0, 0.1) is 0 Å². The van der Waals surface area contributed by atoms with Crippen molar-refractivity contribution in [2.75, 3.05) is 44.0 Å². The van der Waals surface area contributed by atoms with Gasteiger partial charge in [-0.1, -0.05) is 6.07 Å². The minimum atomic E-state index is -0.393. The summed E-state index contributed by atoms with van der Waals surface area (Å²) in [6.07, 6.45) is 1.66. The highest BCUT2D eigenvalue weighted by atomic mass is 32.1. The molecule has 0 bridgehead atoms. The van der Waals surface area contributed by atoms with Gasteiger partial charge in [0.1, 0.15) is 16.6 Å². The number of ether oxygens (including phenoxy) is 2. The number of amides is 2. The Morgan fingerprint density at radius 1 is 1.20 bits per heavy atom. The predicted molar refractivity (Wildman–Crippen MR) is 115 cm³/mol. The van der Waals surface area contributed by atoms with E-state index in [1.807, 2.05) is 18.2 Å². The summed E-state index contributed by atoms with van der Waals surface area (Å²) in [6, 6.07) is 8.85. The molecule has 9 nitrogen and oxygen atoms in total. The highest BCUT2D eigenvalue weighted by Crippen LogP contribution is 2.27. The second-order valence-electron chi connectivity index (χ2n) is 6.61. The maximum Gasteiger partial charge on any atom is 0.326 e. The van der Waals surface area contributed by atoms with Crippen molar-refractivity contribution in [2.24, 2.45) is 0 Å². The number of urea groups is 1. The summed E-state index contributed by atoms with van der Waals surface area (Å²) in [7, 11) is 1.56. The molecule has 0 aliphatic carbocycles. The quantitative estimate of drug-likeness (QED) is 0.624. The first-order valence-corrected chi connectivity index (χ1v) is 10.4. The van der Waals surface area contributed by atoms with Gasteiger partial charge >= 0.3 is 6.03 Å². The van der Waals surface area contributed by atoms with Gasteiger partial charge in [0.2, 0.25) is 5.88 Å². The highest BCUT2D eigenvalue weighted by Gasteiger charge is 2.13. The number of aromatic nitrogens is 3. The van der Waals surface area contributed by atoms with Crippen molar-refractivity contribution < 1.29 is 14.3 Å². The lowest BCUT2D eigenvalue weighted by Gasteiger charge is -2.26. The van der Waals surface area contributed by atoms with E-state index < -0.39 is 6.03 Å². The summed E-state index contributed by atoms with van der Waals surface area (Å²) < 4.78 is 10.5. The van der Waals surface area contributed by atoms with E-state index in [9.17, 15) is 4.79 Å². The van der Waals surface area contributed by atoms with Crippen LogP contribution in [-0.4, -0.2) is 59.3 Å². The Kier molecular flexibility index (Phi) is 6.47. The van der Waals surface area contributed by atoms with E-state index in [1.165, 1.54) is 11.3 Å². The molecule has 2 amide bonds. The van der Waals surface area contributed by atoms with E-state index in [0.29, 0.717) is 17.5 Å². The molecule has 0 spiro atoms. The van der Waals surface area contributed by atoms with Crippen molar-refractivity contribution >= 4 is 29.0 Å². The first-order chi connectivity index (χ1) is 14.7. The van der Waals surface area contributed by atoms with Crippen molar-refractivity contribution in [3.8, 4) is 16.5 Å². The standard InChI is InChI=1S/C20H22N6O3S/c1-28-18-11-14(5-6-21-18)19-23-17(13-30-19)25-20(27)24-16-4-2-3-15(22-16)12-26-7-9-29-10-8-26/h2-6,11,13H,7-10,12H2,1H3,(H2,22,24,25,27). The maximum absolute atomic E-state index is 12.4. The normalized spacial score (nSPS) is 14.3. The smallest absolute Gasteiger partial charge is 0.326 e. The number of thiazole rings is 1. The highest BCUT2D eigenvalue weighted by molar-refractivity contribution is 7.13. The molecule has 1 aliphatic rings. The largest absolute Gasteiger partial charge is 0.481 e. The molecule has 0 saturated carbocycles. The molecule has 0 unspecified atom stereocenters. The molecule has 4 heterocycles. The fourth-order valence-corrected chi connectivity index (χ4v) is 3.76. The number of anilines is 2. The molecule has 3 aromatic rings. The number of carbonyl (C=O) groups is 1. The van der Waals surface area contributed by atoms with E-state index in [2.05, 4.69) is 30.5 Å². The van der Waals surface area contributed by atoms with Crippen molar-refractivity contribution in [2.45, 2.75) is 6.54 Å². The Balaban J connectivity index is 1.35. The SMILES string of the molecule is COc1cc(-c2nc(NC(=O)Nc3cccc(CN4CCOCC4)n3)cs2)ccn1. The number of nitrogens with zero attached hydrogens (tertiary/aromatic N) is 4. The van der Waals surface area contributed by atoms with E-state index in [1.54, 1.807) is 30.8 Å². The lowest BCUT2D eigenvalue weighted by Crippen LogP contribution is -2.35. The molecule has 0 radical (unpaired) electrons. The third-order valence-electron chi connectivity index (χ3n) is 4.47. The Hall–Kier alpha value is -3.08. The first kappa shape index (κ1) is 20.2. The predicted octanol–water partition coefficient (Wildman–Crippen LogP) is 3.08. The van der Waals surface area contributed by atoms with Gasteiger partial charge in [0, 0.05) is 42.8 Å². The van der Waals surface area contributed by atoms with Crippen LogP contribution in [0.25, 0.3) is 10.6 Å². The number of carbonyl (C=O) groups excluding carboxylic acids is 1. The number of hydrogen-bond donors (Lipinski definition) is 2. The van der Waals surface area contributed by atoms with Crippen molar-refractivity contribution in [3.05, 3.63) is 47.6 Å². The minimum Gasteiger partial charge on any atom is -0.481 e. The molecule has 1 saturated heterocycles. The van der Waals surface area contributed by atoms with Crippen LogP contribution in [0.5, 0.6) is 5.88 Å². The van der Waals surface area contributed by atoms with Gasteiger partial charge in [-0.3, -0.25) is 15.5 Å². The molecular formula is C20H22N6O3S. The zero-order chi connectivity index (χ0) is 20.8. The monoisotopic (exact) mass is 426 g/mol. The summed E-state index contributed by atoms with van der Waals surface area (Å²) in [6.45, 7) is 3.97. The summed E-state index contributed by atoms with van der Waals surface area (Å²) in [5.41, 5.74) is 1.77. The Morgan fingerprint density at radius 3 is 2.87 bits per heavy atom. The average Bonchev–Trinajstić information content (AvgIpc) is 3.23. The molecule has 156 valence electrons. The lowest BCUT2D eigenvalue weighted by molar-refractivity contribution is 0.0337. The van der Waals surface area contributed by atoms with Crippen LogP contribution >= 0.6 is 11.3 Å². The van der Waals surface area contributed by atoms with Gasteiger partial charge in [-0.2, -0.15) is 0 Å². The second kappa shape index (κ2) is 9.61. The summed E-state index contributed by atoms with van der Waals surface area (Å²) in [4.78, 5) is 27.7.